The molecule has 0 saturated heterocycles. The molecule has 4 aromatic rings. The lowest BCUT2D eigenvalue weighted by Crippen LogP contribution is -2.01. The first-order chi connectivity index (χ1) is 13.0. The van der Waals surface area contributed by atoms with Crippen molar-refractivity contribution in [2.45, 2.75) is 11.8 Å². The summed E-state index contributed by atoms with van der Waals surface area (Å²) in [6.07, 6.45) is 0. The van der Waals surface area contributed by atoms with E-state index in [0.29, 0.717) is 10.9 Å². The number of benzene rings is 4. The van der Waals surface area contributed by atoms with Crippen LogP contribution in [0.2, 0.25) is 0 Å². The van der Waals surface area contributed by atoms with E-state index in [9.17, 15) is 8.42 Å². The van der Waals surface area contributed by atoms with Crippen molar-refractivity contribution in [1.29, 1.82) is 0 Å². The Morgan fingerprint density at radius 1 is 0.630 bits per heavy atom. The minimum absolute atomic E-state index is 0.000556. The zero-order valence-corrected chi connectivity index (χ0v) is 15.7. The largest absolute Gasteiger partial charge is 0.295 e. The molecule has 4 heteroatoms. The monoisotopic (exact) mass is 376 g/mol. The molecule has 0 aliphatic rings. The van der Waals surface area contributed by atoms with Gasteiger partial charge < -0.3 is 0 Å². The second kappa shape index (κ2) is 8.16. The van der Waals surface area contributed by atoms with Gasteiger partial charge in [-0.1, -0.05) is 97.1 Å². The SMILES string of the molecule is Cc1ccc2ccccc2c1S(=O)(=O)O.c1ccc(-c2ccccc2)cc1. The van der Waals surface area contributed by atoms with Crippen molar-refractivity contribution in [1.82, 2.24) is 0 Å². The summed E-state index contributed by atoms with van der Waals surface area (Å²) in [4.78, 5) is 0.000556. The van der Waals surface area contributed by atoms with Crippen molar-refractivity contribution in [2.75, 3.05) is 0 Å². The summed E-state index contributed by atoms with van der Waals surface area (Å²) >= 11 is 0. The highest BCUT2D eigenvalue weighted by Crippen LogP contribution is 2.25. The highest BCUT2D eigenvalue weighted by molar-refractivity contribution is 7.86. The molecule has 0 fully saturated rings. The Labute approximate surface area is 159 Å². The smallest absolute Gasteiger partial charge is 0.282 e. The summed E-state index contributed by atoms with van der Waals surface area (Å²) in [5.41, 5.74) is 3.10. The van der Waals surface area contributed by atoms with Gasteiger partial charge in [0.1, 0.15) is 4.90 Å². The average molecular weight is 376 g/mol. The van der Waals surface area contributed by atoms with E-state index in [1.807, 2.05) is 30.3 Å². The van der Waals surface area contributed by atoms with Crippen LogP contribution in [0.1, 0.15) is 5.56 Å². The Hall–Kier alpha value is -2.95. The Balaban J connectivity index is 0.000000159. The van der Waals surface area contributed by atoms with Crippen LogP contribution < -0.4 is 0 Å². The molecule has 27 heavy (non-hydrogen) atoms. The molecule has 0 aliphatic carbocycles. The lowest BCUT2D eigenvalue weighted by atomic mass is 10.1. The predicted molar refractivity (Wildman–Crippen MR) is 110 cm³/mol. The van der Waals surface area contributed by atoms with Gasteiger partial charge in [-0.15, -0.1) is 0 Å². The number of fused-ring (bicyclic) bond motifs is 1. The molecule has 0 atom stereocenters. The standard InChI is InChI=1S/C12H10.C11H10O3S/c1-3-7-11(8-4-1)12-9-5-2-6-10-12;1-8-6-7-9-4-2-3-5-10(9)11(8)15(12,13)14/h1-10H;2-7H,1H3,(H,12,13,14). The molecule has 0 amide bonds. The van der Waals surface area contributed by atoms with Gasteiger partial charge in [0.05, 0.1) is 0 Å². The maximum atomic E-state index is 11.2. The Morgan fingerprint density at radius 2 is 1.11 bits per heavy atom. The molecule has 3 nitrogen and oxygen atoms in total. The highest BCUT2D eigenvalue weighted by atomic mass is 32.2. The van der Waals surface area contributed by atoms with E-state index in [1.54, 1.807) is 25.1 Å². The highest BCUT2D eigenvalue weighted by Gasteiger charge is 2.16. The normalized spacial score (nSPS) is 10.9. The van der Waals surface area contributed by atoms with E-state index in [-0.39, 0.29) is 4.90 Å². The van der Waals surface area contributed by atoms with Crippen LogP contribution in [0.15, 0.2) is 102 Å². The molecule has 136 valence electrons. The minimum atomic E-state index is -4.16. The fourth-order valence-corrected chi connectivity index (χ4v) is 3.89. The van der Waals surface area contributed by atoms with Gasteiger partial charge in [-0.2, -0.15) is 8.42 Å². The third kappa shape index (κ3) is 4.61. The van der Waals surface area contributed by atoms with Crippen molar-refractivity contribution < 1.29 is 13.0 Å². The van der Waals surface area contributed by atoms with Gasteiger partial charge >= 0.3 is 0 Å². The molecule has 1 N–H and O–H groups in total. The first-order valence-electron chi connectivity index (χ1n) is 8.53. The second-order valence-electron chi connectivity index (χ2n) is 6.14. The quantitative estimate of drug-likeness (QED) is 0.453. The molecule has 4 aromatic carbocycles. The molecule has 0 bridgehead atoms. The molecule has 0 spiro atoms. The van der Waals surface area contributed by atoms with Crippen molar-refractivity contribution in [3.63, 3.8) is 0 Å². The fourth-order valence-electron chi connectivity index (χ4n) is 2.96. The second-order valence-corrected chi connectivity index (χ2v) is 7.50. The van der Waals surface area contributed by atoms with Crippen LogP contribution >= 0.6 is 0 Å². The molecule has 0 radical (unpaired) electrons. The van der Waals surface area contributed by atoms with Gasteiger partial charge in [0, 0.05) is 5.39 Å². The maximum Gasteiger partial charge on any atom is 0.295 e. The molecule has 0 heterocycles. The van der Waals surface area contributed by atoms with E-state index in [2.05, 4.69) is 48.5 Å². The summed E-state index contributed by atoms with van der Waals surface area (Å²) < 4.78 is 31.6. The van der Waals surface area contributed by atoms with Crippen LogP contribution in [0, 0.1) is 6.92 Å². The summed E-state index contributed by atoms with van der Waals surface area (Å²) in [7, 11) is -4.16. The molecule has 4 rings (SSSR count). The van der Waals surface area contributed by atoms with Crippen molar-refractivity contribution in [3.05, 3.63) is 103 Å². The third-order valence-electron chi connectivity index (χ3n) is 4.22. The number of rotatable bonds is 2. The topological polar surface area (TPSA) is 54.4 Å². The molecule has 0 unspecified atom stereocenters. The summed E-state index contributed by atoms with van der Waals surface area (Å²) in [5, 5.41) is 1.36. The lowest BCUT2D eigenvalue weighted by molar-refractivity contribution is 0.483. The minimum Gasteiger partial charge on any atom is -0.282 e. The van der Waals surface area contributed by atoms with Crippen molar-refractivity contribution in [2.24, 2.45) is 0 Å². The van der Waals surface area contributed by atoms with E-state index >= 15 is 0 Å². The Morgan fingerprint density at radius 3 is 1.63 bits per heavy atom. The summed E-state index contributed by atoms with van der Waals surface area (Å²) in [5.74, 6) is 0. The molecular weight excluding hydrogens is 356 g/mol. The molecule has 0 aromatic heterocycles. The van der Waals surface area contributed by atoms with Crippen LogP contribution in [0.4, 0.5) is 0 Å². The van der Waals surface area contributed by atoms with Crippen LogP contribution in [-0.2, 0) is 10.1 Å². The van der Waals surface area contributed by atoms with E-state index in [1.165, 1.54) is 11.1 Å². The summed E-state index contributed by atoms with van der Waals surface area (Å²) in [6, 6.07) is 31.4. The first kappa shape index (κ1) is 18.8. The van der Waals surface area contributed by atoms with Gasteiger partial charge in [0.2, 0.25) is 0 Å². The van der Waals surface area contributed by atoms with E-state index in [4.69, 9.17) is 4.55 Å². The zero-order chi connectivity index (χ0) is 19.3. The van der Waals surface area contributed by atoms with Crippen LogP contribution in [0.3, 0.4) is 0 Å². The fraction of sp³-hybridized carbons (Fsp3) is 0.0435. The first-order valence-corrected chi connectivity index (χ1v) is 9.97. The number of hydrogen-bond donors (Lipinski definition) is 1. The van der Waals surface area contributed by atoms with Gasteiger partial charge in [0.25, 0.3) is 10.1 Å². The number of hydrogen-bond acceptors (Lipinski definition) is 2. The molecular formula is C23H20O3S. The molecule has 0 aliphatic heterocycles. The predicted octanol–water partition coefficient (Wildman–Crippen LogP) is 5.75. The van der Waals surface area contributed by atoms with Gasteiger partial charge in [-0.3, -0.25) is 4.55 Å². The van der Waals surface area contributed by atoms with Gasteiger partial charge in [-0.25, -0.2) is 0 Å². The van der Waals surface area contributed by atoms with Crippen LogP contribution in [0.5, 0.6) is 0 Å². The number of aryl methyl sites for hydroxylation is 1. The Kier molecular flexibility index (Phi) is 5.69. The van der Waals surface area contributed by atoms with Crippen LogP contribution in [-0.4, -0.2) is 13.0 Å². The third-order valence-corrected chi connectivity index (χ3v) is 5.27. The van der Waals surface area contributed by atoms with E-state index < -0.39 is 10.1 Å². The molecule has 0 saturated carbocycles. The van der Waals surface area contributed by atoms with Crippen molar-refractivity contribution in [3.8, 4) is 11.1 Å². The zero-order valence-electron chi connectivity index (χ0n) is 14.9. The van der Waals surface area contributed by atoms with Gasteiger partial charge in [0.15, 0.2) is 0 Å². The van der Waals surface area contributed by atoms with Crippen molar-refractivity contribution >= 4 is 20.9 Å². The van der Waals surface area contributed by atoms with E-state index in [0.717, 1.165) is 5.39 Å². The maximum absolute atomic E-state index is 11.2. The Bertz CT molecular complexity index is 1100. The lowest BCUT2D eigenvalue weighted by Gasteiger charge is -2.06. The van der Waals surface area contributed by atoms with Gasteiger partial charge in [-0.05, 0) is 29.0 Å². The summed E-state index contributed by atoms with van der Waals surface area (Å²) in [6.45, 7) is 1.66. The average Bonchev–Trinajstić information content (AvgIpc) is 2.69. The van der Waals surface area contributed by atoms with Crippen LogP contribution in [0.25, 0.3) is 21.9 Å².